The Balaban J connectivity index is 2.22. The second-order valence-electron chi connectivity index (χ2n) is 4.02. The molecule has 0 spiro atoms. The highest BCUT2D eigenvalue weighted by Gasteiger charge is 2.13. The Bertz CT molecular complexity index is 669. The number of nitrogens with one attached hydrogen (secondary N) is 1. The molecule has 0 aliphatic heterocycles. The van der Waals surface area contributed by atoms with Gasteiger partial charge in [0.1, 0.15) is 5.75 Å². The van der Waals surface area contributed by atoms with Gasteiger partial charge in [-0.25, -0.2) is 0 Å². The number of aromatic nitrogens is 1. The fraction of sp³-hybridized carbons (Fsp3) is 0.200. The highest BCUT2D eigenvalue weighted by Crippen LogP contribution is 2.25. The molecular weight excluding hydrogens is 272 g/mol. The molecule has 0 atom stereocenters. The van der Waals surface area contributed by atoms with Crippen LogP contribution in [-0.2, 0) is 0 Å². The molecular formula is C15H14N2O4. The summed E-state index contributed by atoms with van der Waals surface area (Å²) in [6.07, 6.45) is 1.79. The van der Waals surface area contributed by atoms with E-state index in [4.69, 9.17) is 14.4 Å². The maximum Gasteiger partial charge on any atom is 0.294 e. The summed E-state index contributed by atoms with van der Waals surface area (Å²) >= 11 is 0. The van der Waals surface area contributed by atoms with E-state index in [1.807, 2.05) is 0 Å². The van der Waals surface area contributed by atoms with Crippen LogP contribution in [0.15, 0.2) is 35.0 Å². The van der Waals surface area contributed by atoms with Crippen LogP contribution in [0.5, 0.6) is 5.75 Å². The monoisotopic (exact) mass is 286 g/mol. The molecule has 0 fully saturated rings. The van der Waals surface area contributed by atoms with E-state index >= 15 is 0 Å². The van der Waals surface area contributed by atoms with Crippen molar-refractivity contribution in [1.29, 1.82) is 0 Å². The lowest BCUT2D eigenvalue weighted by Gasteiger charge is -2.09. The van der Waals surface area contributed by atoms with Crippen molar-refractivity contribution in [3.63, 3.8) is 0 Å². The van der Waals surface area contributed by atoms with Crippen molar-refractivity contribution in [2.45, 2.75) is 6.42 Å². The standard InChI is InChI=1S/C15H14N2O4/c1-20-13-6-5-11(4-2-3-9-18)10-12(13)17-15(19)14-7-8-16-21-14/h5-8,10,18H,3,9H2,1H3,(H,17,19). The first-order valence-corrected chi connectivity index (χ1v) is 6.24. The Morgan fingerprint density at radius 1 is 1.48 bits per heavy atom. The van der Waals surface area contributed by atoms with Crippen molar-refractivity contribution in [3.05, 3.63) is 41.8 Å². The van der Waals surface area contributed by atoms with E-state index in [2.05, 4.69) is 22.3 Å². The third kappa shape index (κ3) is 3.84. The highest BCUT2D eigenvalue weighted by molar-refractivity contribution is 6.03. The van der Waals surface area contributed by atoms with Crippen molar-refractivity contribution in [2.75, 3.05) is 19.0 Å². The Morgan fingerprint density at radius 2 is 2.33 bits per heavy atom. The number of aliphatic hydroxyl groups is 1. The summed E-state index contributed by atoms with van der Waals surface area (Å²) in [5, 5.41) is 14.9. The van der Waals surface area contributed by atoms with E-state index in [9.17, 15) is 4.79 Å². The Labute approximate surface area is 121 Å². The quantitative estimate of drug-likeness (QED) is 0.835. The third-order valence-corrected chi connectivity index (χ3v) is 2.58. The average Bonchev–Trinajstić information content (AvgIpc) is 3.02. The fourth-order valence-electron chi connectivity index (χ4n) is 1.62. The minimum absolute atomic E-state index is 0.0121. The molecule has 0 bridgehead atoms. The molecule has 108 valence electrons. The number of hydrogen-bond acceptors (Lipinski definition) is 5. The third-order valence-electron chi connectivity index (χ3n) is 2.58. The molecule has 0 unspecified atom stereocenters. The number of benzene rings is 1. The van der Waals surface area contributed by atoms with Gasteiger partial charge < -0.3 is 19.7 Å². The number of rotatable bonds is 4. The number of aliphatic hydroxyl groups excluding tert-OH is 1. The smallest absolute Gasteiger partial charge is 0.294 e. The van der Waals surface area contributed by atoms with E-state index in [0.717, 1.165) is 0 Å². The predicted octanol–water partition coefficient (Wildman–Crippen LogP) is 1.67. The van der Waals surface area contributed by atoms with E-state index in [-0.39, 0.29) is 12.4 Å². The van der Waals surface area contributed by atoms with E-state index < -0.39 is 5.91 Å². The lowest BCUT2D eigenvalue weighted by molar-refractivity contribution is 0.0987. The van der Waals surface area contributed by atoms with Gasteiger partial charge in [-0.3, -0.25) is 4.79 Å². The van der Waals surface area contributed by atoms with E-state index in [0.29, 0.717) is 23.4 Å². The van der Waals surface area contributed by atoms with Gasteiger partial charge >= 0.3 is 0 Å². The number of carbonyl (C=O) groups excluding carboxylic acids is 1. The van der Waals surface area contributed by atoms with Gasteiger partial charge in [0.25, 0.3) is 5.91 Å². The molecule has 2 N–H and O–H groups in total. The van der Waals surface area contributed by atoms with Crippen LogP contribution in [0, 0.1) is 11.8 Å². The normalized spacial score (nSPS) is 9.62. The maximum atomic E-state index is 11.9. The van der Waals surface area contributed by atoms with Crippen molar-refractivity contribution >= 4 is 11.6 Å². The molecule has 21 heavy (non-hydrogen) atoms. The first-order valence-electron chi connectivity index (χ1n) is 6.24. The van der Waals surface area contributed by atoms with Crippen molar-refractivity contribution in [2.24, 2.45) is 0 Å². The largest absolute Gasteiger partial charge is 0.495 e. The zero-order valence-corrected chi connectivity index (χ0v) is 11.4. The van der Waals surface area contributed by atoms with Gasteiger partial charge in [-0.15, -0.1) is 0 Å². The topological polar surface area (TPSA) is 84.6 Å². The van der Waals surface area contributed by atoms with Crippen LogP contribution < -0.4 is 10.1 Å². The minimum Gasteiger partial charge on any atom is -0.495 e. The summed E-state index contributed by atoms with van der Waals surface area (Å²) < 4.78 is 9.99. The molecule has 6 heteroatoms. The first-order chi connectivity index (χ1) is 10.2. The molecule has 1 heterocycles. The Morgan fingerprint density at radius 3 is 3.00 bits per heavy atom. The predicted molar refractivity (Wildman–Crippen MR) is 76.0 cm³/mol. The van der Waals surface area contributed by atoms with Crippen LogP contribution in [0.2, 0.25) is 0 Å². The van der Waals surface area contributed by atoms with Crippen molar-refractivity contribution < 1.29 is 19.2 Å². The second kappa shape index (κ2) is 7.12. The molecule has 0 aliphatic rings. The summed E-state index contributed by atoms with van der Waals surface area (Å²) in [7, 11) is 1.51. The SMILES string of the molecule is COc1ccc(C#CCCO)cc1NC(=O)c1ccno1. The first kappa shape index (κ1) is 14.6. The molecule has 6 nitrogen and oxygen atoms in total. The number of methoxy groups -OCH3 is 1. The molecule has 1 aromatic heterocycles. The van der Waals surface area contributed by atoms with E-state index in [1.54, 1.807) is 18.2 Å². The number of ether oxygens (including phenoxy) is 1. The van der Waals surface area contributed by atoms with Crippen LogP contribution in [0.4, 0.5) is 5.69 Å². The zero-order valence-electron chi connectivity index (χ0n) is 11.4. The zero-order chi connectivity index (χ0) is 15.1. The van der Waals surface area contributed by atoms with Gasteiger partial charge in [0, 0.05) is 18.1 Å². The van der Waals surface area contributed by atoms with Gasteiger partial charge in [0.2, 0.25) is 5.76 Å². The lowest BCUT2D eigenvalue weighted by Crippen LogP contribution is -2.11. The molecule has 0 saturated carbocycles. The van der Waals surface area contributed by atoms with Crippen LogP contribution in [0.3, 0.4) is 0 Å². The number of nitrogens with zero attached hydrogens (tertiary/aromatic N) is 1. The number of anilines is 1. The summed E-state index contributed by atoms with van der Waals surface area (Å²) in [5.74, 6) is 5.90. The summed E-state index contributed by atoms with van der Waals surface area (Å²) in [6.45, 7) is 0.0121. The molecule has 1 aromatic carbocycles. The molecule has 0 radical (unpaired) electrons. The van der Waals surface area contributed by atoms with Crippen molar-refractivity contribution in [1.82, 2.24) is 5.16 Å². The lowest BCUT2D eigenvalue weighted by atomic mass is 10.2. The van der Waals surface area contributed by atoms with E-state index in [1.165, 1.54) is 19.4 Å². The fourth-order valence-corrected chi connectivity index (χ4v) is 1.62. The van der Waals surface area contributed by atoms with Crippen LogP contribution in [-0.4, -0.2) is 29.9 Å². The number of carbonyl (C=O) groups is 1. The summed E-state index contributed by atoms with van der Waals surface area (Å²) in [6, 6.07) is 6.64. The highest BCUT2D eigenvalue weighted by atomic mass is 16.5. The number of hydrogen-bond donors (Lipinski definition) is 2. The molecule has 0 aliphatic carbocycles. The van der Waals surface area contributed by atoms with Crippen LogP contribution in [0.1, 0.15) is 22.5 Å². The van der Waals surface area contributed by atoms with Crippen molar-refractivity contribution in [3.8, 4) is 17.6 Å². The summed E-state index contributed by atoms with van der Waals surface area (Å²) in [4.78, 5) is 11.9. The van der Waals surface area contributed by atoms with Gasteiger partial charge in [0.15, 0.2) is 0 Å². The molecule has 2 aromatic rings. The Kier molecular flexibility index (Phi) is 4.96. The average molecular weight is 286 g/mol. The summed E-state index contributed by atoms with van der Waals surface area (Å²) in [5.41, 5.74) is 1.19. The Hall–Kier alpha value is -2.78. The minimum atomic E-state index is -0.425. The van der Waals surface area contributed by atoms with Crippen LogP contribution in [0.25, 0.3) is 0 Å². The second-order valence-corrected chi connectivity index (χ2v) is 4.02. The van der Waals surface area contributed by atoms with Gasteiger partial charge in [-0.1, -0.05) is 17.0 Å². The van der Waals surface area contributed by atoms with Gasteiger partial charge in [-0.05, 0) is 18.2 Å². The molecule has 1 amide bonds. The maximum absolute atomic E-state index is 11.9. The van der Waals surface area contributed by atoms with Gasteiger partial charge in [0.05, 0.1) is 25.6 Å². The van der Waals surface area contributed by atoms with Crippen LogP contribution >= 0.6 is 0 Å². The van der Waals surface area contributed by atoms with Gasteiger partial charge in [-0.2, -0.15) is 0 Å². The molecule has 0 saturated heterocycles. The molecule has 2 rings (SSSR count). The number of amides is 1.